The van der Waals surface area contributed by atoms with E-state index >= 15 is 0 Å². The van der Waals surface area contributed by atoms with Crippen LogP contribution in [0.5, 0.6) is 0 Å². The van der Waals surface area contributed by atoms with Gasteiger partial charge in [-0.25, -0.2) is 4.98 Å². The first-order valence-corrected chi connectivity index (χ1v) is 14.2. The number of aryl methyl sites for hydroxylation is 1. The molecule has 0 radical (unpaired) electrons. The number of halogens is 3. The first-order chi connectivity index (χ1) is 18.8. The molecule has 0 bridgehead atoms. The van der Waals surface area contributed by atoms with Gasteiger partial charge in [0.25, 0.3) is 5.89 Å². The maximum absolute atomic E-state index is 13.6. The summed E-state index contributed by atoms with van der Waals surface area (Å²) in [5.41, 5.74) is 6.26. The molecule has 3 aromatic heterocycles. The van der Waals surface area contributed by atoms with Crippen molar-refractivity contribution >= 4 is 46.2 Å². The van der Waals surface area contributed by atoms with Crippen molar-refractivity contribution in [1.29, 1.82) is 0 Å². The van der Waals surface area contributed by atoms with Crippen LogP contribution in [0.3, 0.4) is 0 Å². The van der Waals surface area contributed by atoms with Crippen molar-refractivity contribution in [3.63, 3.8) is 0 Å². The second-order valence-corrected chi connectivity index (χ2v) is 11.3. The molecule has 40 heavy (non-hydrogen) atoms. The number of hydrogen-bond donors (Lipinski definition) is 0. The minimum absolute atomic E-state index is 0. The number of alkyl halides is 2. The largest absolute Gasteiger partial charge is 0.435 e. The lowest BCUT2D eigenvalue weighted by Crippen LogP contribution is -2.27. The fourth-order valence-corrected chi connectivity index (χ4v) is 6.02. The van der Waals surface area contributed by atoms with Crippen molar-refractivity contribution in [2.45, 2.75) is 44.2 Å². The van der Waals surface area contributed by atoms with E-state index in [2.05, 4.69) is 41.8 Å². The van der Waals surface area contributed by atoms with E-state index in [1.807, 2.05) is 44.3 Å². The molecule has 0 fully saturated rings. The van der Waals surface area contributed by atoms with Gasteiger partial charge >= 0.3 is 5.92 Å². The average molecular weight is 585 g/mol. The molecule has 5 aromatic rings. The van der Waals surface area contributed by atoms with Gasteiger partial charge in [0, 0.05) is 49.5 Å². The van der Waals surface area contributed by atoms with Crippen LogP contribution in [-0.2, 0) is 25.8 Å². The van der Waals surface area contributed by atoms with Crippen molar-refractivity contribution in [2.75, 3.05) is 25.4 Å². The third-order valence-electron chi connectivity index (χ3n) is 7.28. The summed E-state index contributed by atoms with van der Waals surface area (Å²) in [4.78, 5) is 11.1. The SMILES string of the molecule is Cc1ccc2c(-c3nnc(SCCCN4CCc5cc6nc(C(C)(F)F)oc6cc5CC4)n3C)cccc2n1.Cl. The molecule has 0 atom stereocenters. The van der Waals surface area contributed by atoms with Crippen LogP contribution in [0.1, 0.15) is 36.1 Å². The molecule has 0 amide bonds. The summed E-state index contributed by atoms with van der Waals surface area (Å²) >= 11 is 1.72. The van der Waals surface area contributed by atoms with Gasteiger partial charge in [-0.05, 0) is 68.1 Å². The topological polar surface area (TPSA) is 72.9 Å². The molecule has 0 N–H and O–H groups in total. The highest BCUT2D eigenvalue weighted by molar-refractivity contribution is 7.99. The van der Waals surface area contributed by atoms with Gasteiger partial charge < -0.3 is 13.9 Å². The van der Waals surface area contributed by atoms with E-state index in [4.69, 9.17) is 4.42 Å². The Morgan fingerprint density at radius 2 is 1.77 bits per heavy atom. The molecule has 0 spiro atoms. The van der Waals surface area contributed by atoms with Crippen molar-refractivity contribution < 1.29 is 13.2 Å². The molecule has 0 aliphatic carbocycles. The number of hydrogen-bond acceptors (Lipinski definition) is 7. The summed E-state index contributed by atoms with van der Waals surface area (Å²) in [5, 5.41) is 10.9. The molecule has 0 unspecified atom stereocenters. The van der Waals surface area contributed by atoms with Gasteiger partial charge in [0.1, 0.15) is 5.52 Å². The number of thioether (sulfide) groups is 1. The Bertz CT molecular complexity index is 1620. The van der Waals surface area contributed by atoms with Gasteiger partial charge in [-0.1, -0.05) is 30.0 Å². The van der Waals surface area contributed by atoms with Crippen molar-refractivity contribution in [3.8, 4) is 11.4 Å². The molecule has 7 nitrogen and oxygen atoms in total. The summed E-state index contributed by atoms with van der Waals surface area (Å²) in [6.45, 7) is 5.65. The zero-order valence-corrected chi connectivity index (χ0v) is 24.3. The van der Waals surface area contributed by atoms with E-state index < -0.39 is 11.8 Å². The Morgan fingerprint density at radius 1 is 1.00 bits per heavy atom. The second-order valence-electron chi connectivity index (χ2n) is 10.2. The maximum atomic E-state index is 13.6. The van der Waals surface area contributed by atoms with Crippen molar-refractivity contribution in [3.05, 3.63) is 65.2 Å². The summed E-state index contributed by atoms with van der Waals surface area (Å²) in [6, 6.07) is 14.0. The van der Waals surface area contributed by atoms with E-state index in [1.165, 1.54) is 5.56 Å². The van der Waals surface area contributed by atoms with Gasteiger partial charge in [0.2, 0.25) is 0 Å². The Morgan fingerprint density at radius 3 is 2.55 bits per heavy atom. The average Bonchev–Trinajstić information content (AvgIpc) is 3.43. The van der Waals surface area contributed by atoms with Gasteiger partial charge in [-0.2, -0.15) is 8.78 Å². The Hall–Kier alpha value is -3.08. The summed E-state index contributed by atoms with van der Waals surface area (Å²) in [7, 11) is 2.01. The number of oxazole rings is 1. The summed E-state index contributed by atoms with van der Waals surface area (Å²) in [6.07, 6.45) is 2.76. The third-order valence-corrected chi connectivity index (χ3v) is 8.38. The molecule has 0 saturated carbocycles. The molecular formula is C29H31ClF2N6OS. The predicted molar refractivity (Wildman–Crippen MR) is 156 cm³/mol. The normalized spacial score (nSPS) is 14.3. The van der Waals surface area contributed by atoms with Gasteiger partial charge in [-0.15, -0.1) is 22.6 Å². The zero-order valence-electron chi connectivity index (χ0n) is 22.7. The smallest absolute Gasteiger partial charge is 0.319 e. The highest BCUT2D eigenvalue weighted by Crippen LogP contribution is 2.32. The van der Waals surface area contributed by atoms with E-state index in [9.17, 15) is 8.78 Å². The number of rotatable bonds is 7. The van der Waals surface area contributed by atoms with Crippen molar-refractivity contribution in [2.24, 2.45) is 7.05 Å². The lowest BCUT2D eigenvalue weighted by Gasteiger charge is -2.19. The highest BCUT2D eigenvalue weighted by atomic mass is 35.5. The van der Waals surface area contributed by atoms with Crippen LogP contribution in [0.15, 0.2) is 52.0 Å². The third kappa shape index (κ3) is 5.70. The van der Waals surface area contributed by atoms with Crippen LogP contribution < -0.4 is 0 Å². The molecule has 1 aliphatic rings. The highest BCUT2D eigenvalue weighted by Gasteiger charge is 2.31. The lowest BCUT2D eigenvalue weighted by molar-refractivity contribution is -0.00937. The van der Waals surface area contributed by atoms with Crippen LogP contribution in [-0.4, -0.2) is 55.0 Å². The van der Waals surface area contributed by atoms with Crippen LogP contribution in [0.4, 0.5) is 8.78 Å². The Balaban J connectivity index is 0.00000323. The fraction of sp³-hybridized carbons (Fsp3) is 0.379. The number of aromatic nitrogens is 5. The monoisotopic (exact) mass is 584 g/mol. The molecule has 2 aromatic carbocycles. The standard InChI is InChI=1S/C29H30F2N6OS.ClH/c1-18-8-9-21-22(6-4-7-23(21)32-18)26-34-35-28(36(26)3)39-15-5-12-37-13-10-19-16-24-25(17-20(19)11-14-37)38-27(33-24)29(2,30)31;/h4,6-9,16-17H,5,10-15H2,1-3H3;1H. The molecule has 210 valence electrons. The first kappa shape index (κ1) is 28.4. The minimum atomic E-state index is -3.08. The summed E-state index contributed by atoms with van der Waals surface area (Å²) in [5.74, 6) is -1.81. The molecule has 11 heteroatoms. The zero-order chi connectivity index (χ0) is 27.1. The molecule has 6 rings (SSSR count). The molecule has 0 saturated heterocycles. The lowest BCUT2D eigenvalue weighted by atomic mass is 10.0. The van der Waals surface area contributed by atoms with Crippen LogP contribution in [0.25, 0.3) is 33.4 Å². The van der Waals surface area contributed by atoms with E-state index in [1.54, 1.807) is 11.8 Å². The quantitative estimate of drug-likeness (QED) is 0.158. The maximum Gasteiger partial charge on any atom is 0.319 e. The van der Waals surface area contributed by atoms with E-state index in [0.717, 1.165) is 90.3 Å². The molecule has 1 aliphatic heterocycles. The number of pyridine rings is 1. The number of benzene rings is 2. The summed E-state index contributed by atoms with van der Waals surface area (Å²) < 4.78 is 34.7. The predicted octanol–water partition coefficient (Wildman–Crippen LogP) is 6.60. The van der Waals surface area contributed by atoms with Gasteiger partial charge in [-0.3, -0.25) is 4.98 Å². The number of fused-ring (bicyclic) bond motifs is 3. The Labute approximate surface area is 241 Å². The van der Waals surface area contributed by atoms with Crippen molar-refractivity contribution in [1.82, 2.24) is 29.6 Å². The second kappa shape index (κ2) is 11.4. The van der Waals surface area contributed by atoms with Crippen LogP contribution in [0, 0.1) is 6.92 Å². The molecule has 4 heterocycles. The van der Waals surface area contributed by atoms with Gasteiger partial charge in [0.05, 0.1) is 5.52 Å². The van der Waals surface area contributed by atoms with Crippen LogP contribution in [0.2, 0.25) is 0 Å². The van der Waals surface area contributed by atoms with E-state index in [-0.39, 0.29) is 12.4 Å². The minimum Gasteiger partial charge on any atom is -0.435 e. The van der Waals surface area contributed by atoms with Crippen LogP contribution >= 0.6 is 24.2 Å². The van der Waals surface area contributed by atoms with E-state index in [0.29, 0.717) is 11.1 Å². The number of nitrogens with zero attached hydrogens (tertiary/aromatic N) is 6. The first-order valence-electron chi connectivity index (χ1n) is 13.2. The Kier molecular flexibility index (Phi) is 8.13. The molecular weight excluding hydrogens is 554 g/mol. The fourth-order valence-electron chi connectivity index (χ4n) is 5.18. The van der Waals surface area contributed by atoms with Gasteiger partial charge in [0.15, 0.2) is 16.6 Å².